The first-order chi connectivity index (χ1) is 6.37. The number of sulfonamides is 1. The largest absolute Gasteiger partial charge is 0.392 e. The van der Waals surface area contributed by atoms with Crippen LogP contribution in [0.25, 0.3) is 0 Å². The predicted molar refractivity (Wildman–Crippen MR) is 59.7 cm³/mol. The van der Waals surface area contributed by atoms with Crippen molar-refractivity contribution >= 4 is 27.2 Å². The number of methoxy groups -OCH3 is 1. The molecule has 0 aromatic carbocycles. The first kappa shape index (κ1) is 13.8. The van der Waals surface area contributed by atoms with Crippen molar-refractivity contribution in [2.75, 3.05) is 19.5 Å². The van der Waals surface area contributed by atoms with Gasteiger partial charge in [0.1, 0.15) is 5.75 Å². The predicted octanol–water partition coefficient (Wildman–Crippen LogP) is -0.383. The maximum Gasteiger partial charge on any atom is 0.218 e. The molecule has 0 aromatic rings. The molecule has 0 rings (SSSR count). The van der Waals surface area contributed by atoms with E-state index in [1.54, 1.807) is 14.0 Å². The van der Waals surface area contributed by atoms with Gasteiger partial charge in [-0.25, -0.2) is 13.1 Å². The molecule has 7 heteroatoms. The second-order valence-corrected chi connectivity index (χ2v) is 5.30. The molecule has 0 amide bonds. The van der Waals surface area contributed by atoms with Crippen LogP contribution < -0.4 is 10.5 Å². The maximum atomic E-state index is 11.3. The molecule has 1 unspecified atom stereocenters. The lowest BCUT2D eigenvalue weighted by Gasteiger charge is -2.12. The number of nitrogens with one attached hydrogen (secondary N) is 1. The fourth-order valence-electron chi connectivity index (χ4n) is 0.889. The monoisotopic (exact) mass is 240 g/mol. The molecule has 0 aromatic heterocycles. The summed E-state index contributed by atoms with van der Waals surface area (Å²) in [5, 5.41) is 0. The Kier molecular flexibility index (Phi) is 6.17. The molecule has 0 bridgehead atoms. The van der Waals surface area contributed by atoms with Gasteiger partial charge in [0.25, 0.3) is 0 Å². The first-order valence-corrected chi connectivity index (χ1v) is 6.20. The van der Waals surface area contributed by atoms with Crippen LogP contribution in [-0.2, 0) is 14.8 Å². The van der Waals surface area contributed by atoms with Crippen molar-refractivity contribution in [3.05, 3.63) is 0 Å². The highest BCUT2D eigenvalue weighted by Gasteiger charge is 2.14. The van der Waals surface area contributed by atoms with Gasteiger partial charge in [-0.05, 0) is 13.3 Å². The van der Waals surface area contributed by atoms with Crippen molar-refractivity contribution in [2.24, 2.45) is 5.73 Å². The summed E-state index contributed by atoms with van der Waals surface area (Å²) in [5.41, 5.74) is 5.14. The zero-order chi connectivity index (χ0) is 11.2. The summed E-state index contributed by atoms with van der Waals surface area (Å²) in [4.78, 5) is -0.0311. The van der Waals surface area contributed by atoms with Gasteiger partial charge in [0.05, 0.1) is 4.99 Å². The molecule has 0 spiro atoms. The zero-order valence-electron chi connectivity index (χ0n) is 8.32. The second kappa shape index (κ2) is 6.28. The van der Waals surface area contributed by atoms with Gasteiger partial charge in [-0.3, -0.25) is 0 Å². The van der Waals surface area contributed by atoms with Crippen LogP contribution in [0.2, 0.25) is 0 Å². The number of hydrogen-bond donors (Lipinski definition) is 2. The van der Waals surface area contributed by atoms with Crippen molar-refractivity contribution < 1.29 is 13.2 Å². The van der Waals surface area contributed by atoms with E-state index in [-0.39, 0.29) is 16.8 Å². The summed E-state index contributed by atoms with van der Waals surface area (Å²) in [6, 6.07) is -0.172. The van der Waals surface area contributed by atoms with E-state index in [4.69, 9.17) is 10.5 Å². The van der Waals surface area contributed by atoms with E-state index < -0.39 is 10.0 Å². The molecule has 14 heavy (non-hydrogen) atoms. The van der Waals surface area contributed by atoms with Crippen molar-refractivity contribution in [3.8, 4) is 0 Å². The van der Waals surface area contributed by atoms with Gasteiger partial charge >= 0.3 is 0 Å². The normalized spacial score (nSPS) is 13.9. The average Bonchev–Trinajstić information content (AvgIpc) is 1.96. The van der Waals surface area contributed by atoms with Crippen LogP contribution in [0.5, 0.6) is 0 Å². The third-order valence-electron chi connectivity index (χ3n) is 1.47. The third kappa shape index (κ3) is 7.19. The van der Waals surface area contributed by atoms with Crippen molar-refractivity contribution in [1.82, 2.24) is 4.72 Å². The molecule has 1 atom stereocenters. The van der Waals surface area contributed by atoms with E-state index in [0.717, 1.165) is 0 Å². The molecule has 0 heterocycles. The molecular weight excluding hydrogens is 224 g/mol. The Morgan fingerprint density at radius 1 is 1.64 bits per heavy atom. The summed E-state index contributed by atoms with van der Waals surface area (Å²) in [6.07, 6.45) is 0.618. The summed E-state index contributed by atoms with van der Waals surface area (Å²) in [6.45, 7) is 2.27. The Labute approximate surface area is 90.1 Å². The minimum atomic E-state index is -3.38. The lowest BCUT2D eigenvalue weighted by atomic mass is 10.3. The molecule has 0 aliphatic carbocycles. The highest BCUT2D eigenvalue weighted by atomic mass is 32.2. The SMILES string of the molecule is COCCC(C)NS(=O)(=O)CC(N)=S. The zero-order valence-corrected chi connectivity index (χ0v) is 9.95. The molecule has 3 N–H and O–H groups in total. The molecular formula is C7H16N2O3S2. The van der Waals surface area contributed by atoms with Gasteiger partial charge in [0.2, 0.25) is 10.0 Å². The van der Waals surface area contributed by atoms with E-state index in [1.165, 1.54) is 0 Å². The van der Waals surface area contributed by atoms with Crippen LogP contribution in [0.3, 0.4) is 0 Å². The Morgan fingerprint density at radius 3 is 2.64 bits per heavy atom. The van der Waals surface area contributed by atoms with Crippen LogP contribution in [0, 0.1) is 0 Å². The Balaban J connectivity index is 4.02. The lowest BCUT2D eigenvalue weighted by Crippen LogP contribution is -2.38. The summed E-state index contributed by atoms with van der Waals surface area (Å²) in [5.74, 6) is -0.306. The summed E-state index contributed by atoms with van der Waals surface area (Å²) in [7, 11) is -1.82. The minimum Gasteiger partial charge on any atom is -0.392 e. The van der Waals surface area contributed by atoms with Gasteiger partial charge in [0.15, 0.2) is 0 Å². The Morgan fingerprint density at radius 2 is 2.21 bits per heavy atom. The third-order valence-corrected chi connectivity index (χ3v) is 3.25. The fraction of sp³-hybridized carbons (Fsp3) is 0.857. The van der Waals surface area contributed by atoms with Gasteiger partial charge in [-0.1, -0.05) is 12.2 Å². The first-order valence-electron chi connectivity index (χ1n) is 4.14. The number of ether oxygens (including phenoxy) is 1. The molecule has 0 aliphatic heterocycles. The van der Waals surface area contributed by atoms with E-state index in [0.29, 0.717) is 13.0 Å². The maximum absolute atomic E-state index is 11.3. The molecule has 0 fully saturated rings. The number of thiocarbonyl (C=S) groups is 1. The van der Waals surface area contributed by atoms with Crippen LogP contribution in [-0.4, -0.2) is 38.9 Å². The molecule has 0 saturated heterocycles. The van der Waals surface area contributed by atoms with Crippen LogP contribution in [0.1, 0.15) is 13.3 Å². The van der Waals surface area contributed by atoms with Crippen LogP contribution >= 0.6 is 12.2 Å². The Hall–Kier alpha value is -0.240. The molecule has 5 nitrogen and oxygen atoms in total. The highest BCUT2D eigenvalue weighted by Crippen LogP contribution is 1.95. The quantitative estimate of drug-likeness (QED) is 0.593. The number of hydrogen-bond acceptors (Lipinski definition) is 4. The van der Waals surface area contributed by atoms with Crippen LogP contribution in [0.15, 0.2) is 0 Å². The Bertz CT molecular complexity index is 277. The summed E-state index contributed by atoms with van der Waals surface area (Å²) < 4.78 is 29.9. The van der Waals surface area contributed by atoms with E-state index >= 15 is 0 Å². The standard InChI is InChI=1S/C7H16N2O3S2/c1-6(3-4-12-2)9-14(10,11)5-7(8)13/h6,9H,3-5H2,1-2H3,(H2,8,13). The molecule has 0 aliphatic rings. The minimum absolute atomic E-state index is 0.0311. The highest BCUT2D eigenvalue weighted by molar-refractivity contribution is 7.92. The van der Waals surface area contributed by atoms with Crippen LogP contribution in [0.4, 0.5) is 0 Å². The van der Waals surface area contributed by atoms with E-state index in [2.05, 4.69) is 16.9 Å². The smallest absolute Gasteiger partial charge is 0.218 e. The molecule has 84 valence electrons. The molecule has 0 saturated carbocycles. The van der Waals surface area contributed by atoms with E-state index in [1.807, 2.05) is 0 Å². The van der Waals surface area contributed by atoms with Crippen molar-refractivity contribution in [3.63, 3.8) is 0 Å². The fourth-order valence-corrected chi connectivity index (χ4v) is 2.54. The second-order valence-electron chi connectivity index (χ2n) is 3.03. The van der Waals surface area contributed by atoms with Gasteiger partial charge in [-0.2, -0.15) is 0 Å². The number of rotatable bonds is 7. The average molecular weight is 240 g/mol. The number of nitrogens with two attached hydrogens (primary N) is 1. The van der Waals surface area contributed by atoms with Crippen molar-refractivity contribution in [1.29, 1.82) is 0 Å². The van der Waals surface area contributed by atoms with Gasteiger partial charge in [-0.15, -0.1) is 0 Å². The van der Waals surface area contributed by atoms with Crippen molar-refractivity contribution in [2.45, 2.75) is 19.4 Å². The molecule has 0 radical (unpaired) electrons. The topological polar surface area (TPSA) is 81.4 Å². The van der Waals surface area contributed by atoms with Gasteiger partial charge in [0, 0.05) is 19.8 Å². The van der Waals surface area contributed by atoms with Gasteiger partial charge < -0.3 is 10.5 Å². The lowest BCUT2D eigenvalue weighted by molar-refractivity contribution is 0.188. The summed E-state index contributed by atoms with van der Waals surface area (Å²) >= 11 is 4.52. The van der Waals surface area contributed by atoms with E-state index in [9.17, 15) is 8.42 Å².